The summed E-state index contributed by atoms with van der Waals surface area (Å²) in [6, 6.07) is 3.62. The minimum absolute atomic E-state index is 0.640. The normalized spacial score (nSPS) is 10.4. The van der Waals surface area contributed by atoms with Gasteiger partial charge in [0.25, 0.3) is 0 Å². The summed E-state index contributed by atoms with van der Waals surface area (Å²) >= 11 is 3.34. The van der Waals surface area contributed by atoms with Gasteiger partial charge in [-0.05, 0) is 22.0 Å². The molecule has 0 fully saturated rings. The van der Waals surface area contributed by atoms with Crippen molar-refractivity contribution in [1.29, 1.82) is 0 Å². The molecule has 5 heteroatoms. The fraction of sp³-hybridized carbons (Fsp3) is 0.182. The summed E-state index contributed by atoms with van der Waals surface area (Å²) in [4.78, 5) is 4.26. The number of anilines is 1. The van der Waals surface area contributed by atoms with Gasteiger partial charge in [0, 0.05) is 17.6 Å². The summed E-state index contributed by atoms with van der Waals surface area (Å²) in [5, 5.41) is 0.840. The Labute approximate surface area is 101 Å². The molecule has 2 aromatic rings. The Balaban J connectivity index is 2.78. The van der Waals surface area contributed by atoms with Crippen molar-refractivity contribution in [2.75, 3.05) is 20.0 Å². The van der Waals surface area contributed by atoms with Crippen molar-refractivity contribution in [3.8, 4) is 11.5 Å². The van der Waals surface area contributed by atoms with Crippen molar-refractivity contribution in [3.05, 3.63) is 22.8 Å². The molecule has 0 aliphatic carbocycles. The number of halogens is 1. The summed E-state index contributed by atoms with van der Waals surface area (Å²) in [7, 11) is 3.18. The predicted molar refractivity (Wildman–Crippen MR) is 67.0 cm³/mol. The fourth-order valence-electron chi connectivity index (χ4n) is 1.52. The number of benzene rings is 1. The van der Waals surface area contributed by atoms with Crippen molar-refractivity contribution in [1.82, 2.24) is 4.98 Å². The van der Waals surface area contributed by atoms with Crippen LogP contribution in [0.4, 0.5) is 5.69 Å². The van der Waals surface area contributed by atoms with Crippen LogP contribution in [0.3, 0.4) is 0 Å². The molecule has 0 amide bonds. The molecule has 0 radical (unpaired) electrons. The Morgan fingerprint density at radius 3 is 2.44 bits per heavy atom. The van der Waals surface area contributed by atoms with E-state index < -0.39 is 0 Å². The van der Waals surface area contributed by atoms with E-state index >= 15 is 0 Å². The summed E-state index contributed by atoms with van der Waals surface area (Å²) in [6.45, 7) is 0. The summed E-state index contributed by atoms with van der Waals surface area (Å²) in [6.07, 6.45) is 1.67. The molecule has 0 aliphatic rings. The third-order valence-electron chi connectivity index (χ3n) is 2.37. The van der Waals surface area contributed by atoms with E-state index in [1.54, 1.807) is 26.5 Å². The number of nitrogens with zero attached hydrogens (tertiary/aromatic N) is 1. The van der Waals surface area contributed by atoms with Crippen molar-refractivity contribution >= 4 is 32.5 Å². The van der Waals surface area contributed by atoms with E-state index in [0.29, 0.717) is 17.2 Å². The lowest BCUT2D eigenvalue weighted by molar-refractivity contribution is 0.356. The zero-order chi connectivity index (χ0) is 11.7. The zero-order valence-corrected chi connectivity index (χ0v) is 10.5. The molecular formula is C11H11BrN2O2. The average Bonchev–Trinajstić information content (AvgIpc) is 2.32. The number of hydrogen-bond acceptors (Lipinski definition) is 4. The number of fused-ring (bicyclic) bond motifs is 1. The van der Waals surface area contributed by atoms with Gasteiger partial charge in [-0.15, -0.1) is 0 Å². The Bertz CT molecular complexity index is 543. The van der Waals surface area contributed by atoms with Gasteiger partial charge in [0.1, 0.15) is 0 Å². The monoisotopic (exact) mass is 282 g/mol. The van der Waals surface area contributed by atoms with Crippen LogP contribution in [0, 0.1) is 0 Å². The van der Waals surface area contributed by atoms with Gasteiger partial charge >= 0.3 is 0 Å². The smallest absolute Gasteiger partial charge is 0.162 e. The number of nitrogen functional groups attached to an aromatic ring is 1. The molecule has 0 unspecified atom stereocenters. The first-order chi connectivity index (χ1) is 7.67. The summed E-state index contributed by atoms with van der Waals surface area (Å²) in [5.74, 6) is 1.28. The quantitative estimate of drug-likeness (QED) is 0.920. The van der Waals surface area contributed by atoms with Gasteiger partial charge in [-0.1, -0.05) is 0 Å². The molecule has 1 aromatic carbocycles. The molecule has 0 saturated heterocycles. The number of ether oxygens (including phenoxy) is 2. The highest BCUT2D eigenvalue weighted by atomic mass is 79.9. The van der Waals surface area contributed by atoms with Crippen molar-refractivity contribution in [2.24, 2.45) is 0 Å². The molecule has 84 valence electrons. The van der Waals surface area contributed by atoms with E-state index in [0.717, 1.165) is 15.4 Å². The number of pyridine rings is 1. The first-order valence-corrected chi connectivity index (χ1v) is 5.42. The SMILES string of the molecule is COc1cc2ncc(Br)c(N)c2cc1OC. The number of nitrogens with two attached hydrogens (primary N) is 1. The van der Waals surface area contributed by atoms with Crippen LogP contribution in [0.2, 0.25) is 0 Å². The van der Waals surface area contributed by atoms with Gasteiger partial charge in [0.05, 0.1) is 29.9 Å². The maximum absolute atomic E-state index is 5.95. The van der Waals surface area contributed by atoms with Crippen molar-refractivity contribution in [3.63, 3.8) is 0 Å². The third-order valence-corrected chi connectivity index (χ3v) is 3.00. The number of methoxy groups -OCH3 is 2. The van der Waals surface area contributed by atoms with E-state index in [1.807, 2.05) is 6.07 Å². The standard InChI is InChI=1S/C11H11BrN2O2/c1-15-9-3-6-8(4-10(9)16-2)14-5-7(12)11(6)13/h3-5H,1-2H3,(H2,13,14). The van der Waals surface area contributed by atoms with E-state index in [9.17, 15) is 0 Å². The van der Waals surface area contributed by atoms with Crippen LogP contribution < -0.4 is 15.2 Å². The summed E-state index contributed by atoms with van der Waals surface area (Å²) < 4.78 is 11.2. The Kier molecular flexibility index (Phi) is 2.87. The molecule has 0 bridgehead atoms. The van der Waals surface area contributed by atoms with Gasteiger partial charge < -0.3 is 15.2 Å². The number of aromatic nitrogens is 1. The van der Waals surface area contributed by atoms with Crippen LogP contribution >= 0.6 is 15.9 Å². The topological polar surface area (TPSA) is 57.4 Å². The van der Waals surface area contributed by atoms with Crippen LogP contribution in [0.5, 0.6) is 11.5 Å². The third kappa shape index (κ3) is 1.67. The Morgan fingerprint density at radius 2 is 1.81 bits per heavy atom. The highest BCUT2D eigenvalue weighted by Gasteiger charge is 2.10. The second-order valence-electron chi connectivity index (χ2n) is 3.24. The van der Waals surface area contributed by atoms with Crippen LogP contribution in [0.15, 0.2) is 22.8 Å². The number of hydrogen-bond donors (Lipinski definition) is 1. The Morgan fingerprint density at radius 1 is 1.19 bits per heavy atom. The molecule has 2 N–H and O–H groups in total. The second-order valence-corrected chi connectivity index (χ2v) is 4.10. The molecule has 1 aromatic heterocycles. The summed E-state index contributed by atoms with van der Waals surface area (Å²) in [5.41, 5.74) is 7.37. The van der Waals surface area contributed by atoms with Gasteiger partial charge in [-0.25, -0.2) is 0 Å². The highest BCUT2D eigenvalue weighted by Crippen LogP contribution is 2.35. The fourth-order valence-corrected chi connectivity index (χ4v) is 1.83. The molecule has 0 aliphatic heterocycles. The molecule has 0 spiro atoms. The predicted octanol–water partition coefficient (Wildman–Crippen LogP) is 2.60. The number of rotatable bonds is 2. The molecule has 4 nitrogen and oxygen atoms in total. The van der Waals surface area contributed by atoms with E-state index in [2.05, 4.69) is 20.9 Å². The average molecular weight is 283 g/mol. The molecule has 0 atom stereocenters. The maximum atomic E-state index is 5.95. The second kappa shape index (κ2) is 4.17. The molecule has 1 heterocycles. The van der Waals surface area contributed by atoms with Crippen molar-refractivity contribution < 1.29 is 9.47 Å². The molecule has 2 rings (SSSR count). The Hall–Kier alpha value is -1.49. The lowest BCUT2D eigenvalue weighted by Gasteiger charge is -2.10. The van der Waals surface area contributed by atoms with Crippen LogP contribution in [-0.4, -0.2) is 19.2 Å². The molecule has 16 heavy (non-hydrogen) atoms. The largest absolute Gasteiger partial charge is 0.493 e. The lowest BCUT2D eigenvalue weighted by Crippen LogP contribution is -1.95. The van der Waals surface area contributed by atoms with E-state index in [4.69, 9.17) is 15.2 Å². The van der Waals surface area contributed by atoms with Gasteiger partial charge in [-0.3, -0.25) is 4.98 Å². The van der Waals surface area contributed by atoms with Crippen LogP contribution in [0.1, 0.15) is 0 Å². The molecule has 0 saturated carbocycles. The van der Waals surface area contributed by atoms with Gasteiger partial charge in [-0.2, -0.15) is 0 Å². The first kappa shape index (κ1) is 11.0. The van der Waals surface area contributed by atoms with E-state index in [1.165, 1.54) is 0 Å². The lowest BCUT2D eigenvalue weighted by atomic mass is 10.1. The van der Waals surface area contributed by atoms with E-state index in [-0.39, 0.29) is 0 Å². The first-order valence-electron chi connectivity index (χ1n) is 4.63. The van der Waals surface area contributed by atoms with Crippen LogP contribution in [0.25, 0.3) is 10.9 Å². The minimum atomic E-state index is 0.640. The van der Waals surface area contributed by atoms with Gasteiger partial charge in [0.2, 0.25) is 0 Å². The molecular weight excluding hydrogens is 272 g/mol. The van der Waals surface area contributed by atoms with Crippen LogP contribution in [-0.2, 0) is 0 Å². The van der Waals surface area contributed by atoms with Gasteiger partial charge in [0.15, 0.2) is 11.5 Å². The van der Waals surface area contributed by atoms with Crippen molar-refractivity contribution in [2.45, 2.75) is 0 Å². The minimum Gasteiger partial charge on any atom is -0.493 e. The zero-order valence-electron chi connectivity index (χ0n) is 8.95. The maximum Gasteiger partial charge on any atom is 0.162 e. The highest BCUT2D eigenvalue weighted by molar-refractivity contribution is 9.10.